The molecule has 1 fully saturated rings. The maximum absolute atomic E-state index is 4.45. The van der Waals surface area contributed by atoms with Crippen LogP contribution >= 0.6 is 12.4 Å². The van der Waals surface area contributed by atoms with E-state index in [-0.39, 0.29) is 12.4 Å². The lowest BCUT2D eigenvalue weighted by molar-refractivity contribution is 0.453. The summed E-state index contributed by atoms with van der Waals surface area (Å²) in [4.78, 5) is 6.62. The maximum atomic E-state index is 4.45. The van der Waals surface area contributed by atoms with Gasteiger partial charge in [-0.2, -0.15) is 0 Å². The zero-order valence-corrected chi connectivity index (χ0v) is 14.4. The zero-order valence-electron chi connectivity index (χ0n) is 13.5. The molecular formula is C19H24ClN3. The van der Waals surface area contributed by atoms with Crippen molar-refractivity contribution in [3.05, 3.63) is 53.7 Å². The number of hydrogen-bond acceptors (Lipinski definition) is 3. The monoisotopic (exact) mass is 329 g/mol. The smallest absolute Gasteiger partial charge is 0.132 e. The second-order valence-electron chi connectivity index (χ2n) is 6.57. The lowest BCUT2D eigenvalue weighted by Crippen LogP contribution is -2.30. The number of nitrogens with one attached hydrogen (secondary N) is 1. The summed E-state index contributed by atoms with van der Waals surface area (Å²) in [7, 11) is 2.09. The van der Waals surface area contributed by atoms with Crippen LogP contribution in [0.1, 0.15) is 36.4 Å². The van der Waals surface area contributed by atoms with E-state index in [1.54, 1.807) is 0 Å². The van der Waals surface area contributed by atoms with Crippen LogP contribution in [0.4, 0.5) is 11.5 Å². The number of pyridine rings is 1. The summed E-state index contributed by atoms with van der Waals surface area (Å²) in [5.74, 6) is 1.94. The molecule has 23 heavy (non-hydrogen) atoms. The first kappa shape index (κ1) is 16.3. The largest absolute Gasteiger partial charge is 0.329 e. The second kappa shape index (κ2) is 6.90. The molecule has 2 aromatic rings. The van der Waals surface area contributed by atoms with Crippen LogP contribution in [0.15, 0.2) is 42.6 Å². The lowest BCUT2D eigenvalue weighted by atomic mass is 9.90. The number of fused-ring (bicyclic) bond motifs is 1. The summed E-state index contributed by atoms with van der Waals surface area (Å²) >= 11 is 0. The number of benzene rings is 1. The van der Waals surface area contributed by atoms with Crippen molar-refractivity contribution in [2.75, 3.05) is 18.5 Å². The first-order valence-electron chi connectivity index (χ1n) is 8.32. The molecule has 1 aromatic carbocycles. The fraction of sp³-hybridized carbons (Fsp3) is 0.421. The fourth-order valence-corrected chi connectivity index (χ4v) is 3.42. The topological polar surface area (TPSA) is 28.2 Å². The van der Waals surface area contributed by atoms with Gasteiger partial charge in [0.15, 0.2) is 0 Å². The molecular weight excluding hydrogens is 306 g/mol. The van der Waals surface area contributed by atoms with Crippen molar-refractivity contribution >= 4 is 23.9 Å². The first-order valence-corrected chi connectivity index (χ1v) is 8.32. The van der Waals surface area contributed by atoms with Crippen LogP contribution in [0.2, 0.25) is 0 Å². The van der Waals surface area contributed by atoms with Gasteiger partial charge < -0.3 is 10.2 Å². The highest BCUT2D eigenvalue weighted by Gasteiger charge is 2.29. The van der Waals surface area contributed by atoms with Crippen molar-refractivity contribution in [3.63, 3.8) is 0 Å². The minimum Gasteiger partial charge on any atom is -0.329 e. The number of aromatic nitrogens is 1. The van der Waals surface area contributed by atoms with Gasteiger partial charge in [-0.1, -0.05) is 25.0 Å². The van der Waals surface area contributed by atoms with E-state index in [9.17, 15) is 0 Å². The van der Waals surface area contributed by atoms with Crippen molar-refractivity contribution in [2.24, 2.45) is 5.92 Å². The molecule has 122 valence electrons. The van der Waals surface area contributed by atoms with Crippen molar-refractivity contribution in [1.82, 2.24) is 10.3 Å². The first-order chi connectivity index (χ1) is 10.8. The summed E-state index contributed by atoms with van der Waals surface area (Å²) in [6, 6.07) is 13.5. The minimum absolute atomic E-state index is 0. The van der Waals surface area contributed by atoms with Crippen molar-refractivity contribution in [3.8, 4) is 0 Å². The molecule has 4 heteroatoms. The molecule has 1 unspecified atom stereocenters. The van der Waals surface area contributed by atoms with Gasteiger partial charge in [0.1, 0.15) is 5.82 Å². The van der Waals surface area contributed by atoms with Crippen LogP contribution < -0.4 is 10.2 Å². The Morgan fingerprint density at radius 2 is 2.09 bits per heavy atom. The Morgan fingerprint density at radius 1 is 1.22 bits per heavy atom. The van der Waals surface area contributed by atoms with Crippen molar-refractivity contribution < 1.29 is 0 Å². The van der Waals surface area contributed by atoms with Crippen LogP contribution in [0.3, 0.4) is 0 Å². The lowest BCUT2D eigenvalue weighted by Gasteiger charge is -2.29. The Kier molecular flexibility index (Phi) is 4.88. The van der Waals surface area contributed by atoms with Gasteiger partial charge in [-0.15, -0.1) is 12.4 Å². The van der Waals surface area contributed by atoms with E-state index in [1.807, 2.05) is 18.3 Å². The van der Waals surface area contributed by atoms with E-state index in [1.165, 1.54) is 36.1 Å². The molecule has 1 aromatic heterocycles. The van der Waals surface area contributed by atoms with E-state index in [4.69, 9.17) is 0 Å². The van der Waals surface area contributed by atoms with Crippen molar-refractivity contribution in [1.29, 1.82) is 0 Å². The highest BCUT2D eigenvalue weighted by atomic mass is 35.5. The third-order valence-electron chi connectivity index (χ3n) is 4.94. The highest BCUT2D eigenvalue weighted by Crippen LogP contribution is 2.40. The van der Waals surface area contributed by atoms with Gasteiger partial charge in [0.05, 0.1) is 0 Å². The Labute approximate surface area is 144 Å². The molecule has 0 saturated heterocycles. The van der Waals surface area contributed by atoms with Gasteiger partial charge in [-0.05, 0) is 60.7 Å². The maximum Gasteiger partial charge on any atom is 0.132 e. The Balaban J connectivity index is 0.00000156. The molecule has 0 bridgehead atoms. The normalized spacial score (nSPS) is 19.6. The van der Waals surface area contributed by atoms with E-state index in [2.05, 4.69) is 46.5 Å². The summed E-state index contributed by atoms with van der Waals surface area (Å²) in [6.45, 7) is 1.11. The average molecular weight is 330 g/mol. The molecule has 2 aliphatic rings. The van der Waals surface area contributed by atoms with Gasteiger partial charge >= 0.3 is 0 Å². The number of nitrogens with zero attached hydrogens (tertiary/aromatic N) is 2. The van der Waals surface area contributed by atoms with E-state index >= 15 is 0 Å². The number of anilines is 2. The summed E-state index contributed by atoms with van der Waals surface area (Å²) in [6.07, 6.45) is 7.12. The van der Waals surface area contributed by atoms with Gasteiger partial charge in [-0.25, -0.2) is 4.98 Å². The fourth-order valence-electron chi connectivity index (χ4n) is 3.42. The molecule has 0 spiro atoms. The molecule has 0 radical (unpaired) electrons. The van der Waals surface area contributed by atoms with E-state index < -0.39 is 0 Å². The van der Waals surface area contributed by atoms with Crippen molar-refractivity contribution in [2.45, 2.75) is 31.7 Å². The SMILES string of the molecule is CN(c1ccc2c(c1)C(CC1CC1)NCC2)c1ccccn1.Cl. The predicted molar refractivity (Wildman–Crippen MR) is 97.8 cm³/mol. The third kappa shape index (κ3) is 3.51. The van der Waals surface area contributed by atoms with Gasteiger partial charge in [0.2, 0.25) is 0 Å². The Bertz CT molecular complexity index is 655. The molecule has 1 aliphatic heterocycles. The Hall–Kier alpha value is -1.58. The predicted octanol–water partition coefficient (Wildman–Crippen LogP) is 4.26. The molecule has 1 saturated carbocycles. The Morgan fingerprint density at radius 3 is 2.83 bits per heavy atom. The van der Waals surface area contributed by atoms with Gasteiger partial charge in [-0.3, -0.25) is 0 Å². The average Bonchev–Trinajstić information content (AvgIpc) is 3.39. The van der Waals surface area contributed by atoms with Crippen LogP contribution in [0, 0.1) is 5.92 Å². The number of hydrogen-bond donors (Lipinski definition) is 1. The van der Waals surface area contributed by atoms with Crippen LogP contribution in [0.25, 0.3) is 0 Å². The molecule has 1 aliphatic carbocycles. The zero-order chi connectivity index (χ0) is 14.9. The van der Waals surface area contributed by atoms with Gasteiger partial charge in [0.25, 0.3) is 0 Å². The standard InChI is InChI=1S/C19H23N3.ClH/c1-22(19-4-2-3-10-21-19)16-8-7-15-9-11-20-18(17(15)13-16)12-14-5-6-14;/h2-4,7-8,10,13-14,18,20H,5-6,9,11-12H2,1H3;1H. The molecule has 3 nitrogen and oxygen atoms in total. The summed E-state index contributed by atoms with van der Waals surface area (Å²) in [5, 5.41) is 3.72. The molecule has 4 rings (SSSR count). The van der Waals surface area contributed by atoms with Crippen LogP contribution in [-0.4, -0.2) is 18.6 Å². The molecule has 0 amide bonds. The second-order valence-corrected chi connectivity index (χ2v) is 6.57. The van der Waals surface area contributed by atoms with Crippen LogP contribution in [-0.2, 0) is 6.42 Å². The number of halogens is 1. The van der Waals surface area contributed by atoms with E-state index in [0.717, 1.165) is 24.7 Å². The van der Waals surface area contributed by atoms with E-state index in [0.29, 0.717) is 6.04 Å². The summed E-state index contributed by atoms with van der Waals surface area (Å²) < 4.78 is 0. The molecule has 2 heterocycles. The molecule has 1 N–H and O–H groups in total. The highest BCUT2D eigenvalue weighted by molar-refractivity contribution is 5.85. The quantitative estimate of drug-likeness (QED) is 0.908. The molecule has 1 atom stereocenters. The number of rotatable bonds is 4. The minimum atomic E-state index is 0. The van der Waals surface area contributed by atoms with Gasteiger partial charge in [0, 0.05) is 25.0 Å². The van der Waals surface area contributed by atoms with Crippen LogP contribution in [0.5, 0.6) is 0 Å². The summed E-state index contributed by atoms with van der Waals surface area (Å²) in [5.41, 5.74) is 4.24. The third-order valence-corrected chi connectivity index (χ3v) is 4.94.